The largest absolute Gasteiger partial charge is 0.497 e. The van der Waals surface area contributed by atoms with Crippen molar-refractivity contribution in [3.8, 4) is 17.0 Å². The molecule has 5 rings (SSSR count). The molecule has 1 fully saturated rings. The summed E-state index contributed by atoms with van der Waals surface area (Å²) in [5.41, 5.74) is 5.11. The van der Waals surface area contributed by atoms with E-state index in [9.17, 15) is 4.79 Å². The fourth-order valence-corrected chi connectivity index (χ4v) is 4.58. The molecule has 5 heteroatoms. The zero-order valence-corrected chi connectivity index (χ0v) is 18.3. The highest BCUT2D eigenvalue weighted by atomic mass is 16.5. The van der Waals surface area contributed by atoms with Gasteiger partial charge in [0, 0.05) is 29.8 Å². The number of carbonyl (C=O) groups is 1. The number of rotatable bonds is 6. The molecule has 0 amide bonds. The highest BCUT2D eigenvalue weighted by Crippen LogP contribution is 2.28. The number of nitrogens with zero attached hydrogens (tertiary/aromatic N) is 3. The molecule has 2 aromatic heterocycles. The van der Waals surface area contributed by atoms with Crippen molar-refractivity contribution in [1.82, 2.24) is 14.3 Å². The van der Waals surface area contributed by atoms with Crippen LogP contribution < -0.4 is 4.74 Å². The van der Waals surface area contributed by atoms with Gasteiger partial charge in [-0.2, -0.15) is 0 Å². The van der Waals surface area contributed by atoms with Gasteiger partial charge < -0.3 is 9.14 Å². The summed E-state index contributed by atoms with van der Waals surface area (Å²) in [5.74, 6) is 1.10. The molecule has 0 saturated carbocycles. The molecular weight excluding hydrogens is 398 g/mol. The van der Waals surface area contributed by atoms with E-state index in [4.69, 9.17) is 9.72 Å². The first kappa shape index (κ1) is 20.5. The molecule has 1 aliphatic rings. The number of piperidine rings is 1. The number of carbonyl (C=O) groups excluding carboxylic acids is 1. The van der Waals surface area contributed by atoms with E-state index in [2.05, 4.69) is 45.8 Å². The van der Waals surface area contributed by atoms with Gasteiger partial charge in [0.25, 0.3) is 0 Å². The molecule has 4 aromatic rings. The summed E-state index contributed by atoms with van der Waals surface area (Å²) in [6, 6.07) is 24.0. The number of ketones is 1. The smallest absolute Gasteiger partial charge is 0.166 e. The minimum Gasteiger partial charge on any atom is -0.497 e. The van der Waals surface area contributed by atoms with E-state index in [-0.39, 0.29) is 11.7 Å². The molecule has 32 heavy (non-hydrogen) atoms. The molecule has 0 atom stereocenters. The van der Waals surface area contributed by atoms with Gasteiger partial charge in [-0.3, -0.25) is 9.69 Å². The van der Waals surface area contributed by atoms with E-state index >= 15 is 0 Å². The summed E-state index contributed by atoms with van der Waals surface area (Å²) in [5, 5.41) is 0. The van der Waals surface area contributed by atoms with Gasteiger partial charge in [0.1, 0.15) is 11.4 Å². The topological polar surface area (TPSA) is 46.8 Å². The van der Waals surface area contributed by atoms with Crippen molar-refractivity contribution in [1.29, 1.82) is 0 Å². The minimum atomic E-state index is 0.0791. The minimum absolute atomic E-state index is 0.0791. The van der Waals surface area contributed by atoms with Gasteiger partial charge in [0.05, 0.1) is 18.5 Å². The van der Waals surface area contributed by atoms with Gasteiger partial charge in [0.2, 0.25) is 0 Å². The zero-order chi connectivity index (χ0) is 21.9. The maximum absolute atomic E-state index is 13.0. The third-order valence-corrected chi connectivity index (χ3v) is 6.38. The highest BCUT2D eigenvalue weighted by molar-refractivity contribution is 5.98. The Kier molecular flexibility index (Phi) is 5.73. The van der Waals surface area contributed by atoms with Crippen LogP contribution in [-0.4, -0.2) is 40.3 Å². The van der Waals surface area contributed by atoms with E-state index in [0.29, 0.717) is 0 Å². The molecule has 0 unspecified atom stereocenters. The van der Waals surface area contributed by atoms with Crippen LogP contribution in [0.15, 0.2) is 79.0 Å². The second-order valence-corrected chi connectivity index (χ2v) is 8.35. The van der Waals surface area contributed by atoms with Gasteiger partial charge >= 0.3 is 0 Å². The van der Waals surface area contributed by atoms with E-state index in [0.717, 1.165) is 60.7 Å². The van der Waals surface area contributed by atoms with Crippen molar-refractivity contribution in [3.63, 3.8) is 0 Å². The molecule has 0 aliphatic carbocycles. The van der Waals surface area contributed by atoms with Crippen LogP contribution in [0.4, 0.5) is 0 Å². The van der Waals surface area contributed by atoms with Crippen LogP contribution in [0.1, 0.15) is 28.9 Å². The predicted octanol–water partition coefficient (Wildman–Crippen LogP) is 5.10. The first-order chi connectivity index (χ1) is 15.7. The van der Waals surface area contributed by atoms with Crippen molar-refractivity contribution < 1.29 is 9.53 Å². The van der Waals surface area contributed by atoms with Crippen LogP contribution in [0, 0.1) is 5.92 Å². The molecule has 0 bridgehead atoms. The van der Waals surface area contributed by atoms with Crippen molar-refractivity contribution in [2.75, 3.05) is 20.2 Å². The summed E-state index contributed by atoms with van der Waals surface area (Å²) in [6.45, 7) is 2.63. The van der Waals surface area contributed by atoms with Gasteiger partial charge in [-0.05, 0) is 62.3 Å². The Balaban J connectivity index is 1.31. The van der Waals surface area contributed by atoms with Crippen molar-refractivity contribution in [2.45, 2.75) is 19.4 Å². The molecular formula is C27H27N3O2. The van der Waals surface area contributed by atoms with E-state index < -0.39 is 0 Å². The van der Waals surface area contributed by atoms with Crippen molar-refractivity contribution in [3.05, 3.63) is 90.3 Å². The van der Waals surface area contributed by atoms with E-state index in [1.54, 1.807) is 7.11 Å². The maximum Gasteiger partial charge on any atom is 0.166 e. The van der Waals surface area contributed by atoms with Crippen LogP contribution in [-0.2, 0) is 6.54 Å². The standard InChI is InChI=1S/C27H27N3O2/c1-32-23-12-10-21(11-13-23)27(31)22-14-17-29(18-15-22)19-24-26(20-7-3-2-4-8-20)28-25-9-5-6-16-30(24)25/h2-13,16,22H,14-15,17-19H2,1H3. The SMILES string of the molecule is COc1ccc(C(=O)C2CCN(Cc3c(-c4ccccc4)nc4ccccn34)CC2)cc1. The summed E-state index contributed by atoms with van der Waals surface area (Å²) >= 11 is 0. The Morgan fingerprint density at radius 3 is 2.41 bits per heavy atom. The van der Waals surface area contributed by atoms with Crippen molar-refractivity contribution >= 4 is 11.4 Å². The molecule has 0 N–H and O–H groups in total. The van der Waals surface area contributed by atoms with Crippen LogP contribution in [0.2, 0.25) is 0 Å². The van der Waals surface area contributed by atoms with Crippen LogP contribution in [0.3, 0.4) is 0 Å². The third-order valence-electron chi connectivity index (χ3n) is 6.38. The Labute approximate surface area is 188 Å². The second-order valence-electron chi connectivity index (χ2n) is 8.35. The van der Waals surface area contributed by atoms with Crippen LogP contribution in [0.5, 0.6) is 5.75 Å². The lowest BCUT2D eigenvalue weighted by Gasteiger charge is -2.31. The van der Waals surface area contributed by atoms with Gasteiger partial charge in [-0.15, -0.1) is 0 Å². The third kappa shape index (κ3) is 4.04. The Hall–Kier alpha value is -3.44. The number of hydrogen-bond acceptors (Lipinski definition) is 4. The average molecular weight is 426 g/mol. The summed E-state index contributed by atoms with van der Waals surface area (Å²) in [4.78, 5) is 20.3. The molecule has 3 heterocycles. The van der Waals surface area contributed by atoms with Gasteiger partial charge in [0.15, 0.2) is 5.78 Å². The first-order valence-electron chi connectivity index (χ1n) is 11.1. The lowest BCUT2D eigenvalue weighted by atomic mass is 9.89. The van der Waals surface area contributed by atoms with Gasteiger partial charge in [-0.1, -0.05) is 36.4 Å². The number of methoxy groups -OCH3 is 1. The highest BCUT2D eigenvalue weighted by Gasteiger charge is 2.27. The Morgan fingerprint density at radius 2 is 1.69 bits per heavy atom. The molecule has 5 nitrogen and oxygen atoms in total. The summed E-state index contributed by atoms with van der Waals surface area (Å²) in [6.07, 6.45) is 3.84. The van der Waals surface area contributed by atoms with E-state index in [1.165, 1.54) is 5.69 Å². The monoisotopic (exact) mass is 425 g/mol. The number of fused-ring (bicyclic) bond motifs is 1. The first-order valence-corrected chi connectivity index (χ1v) is 11.1. The number of benzene rings is 2. The second kappa shape index (κ2) is 8.97. The normalized spacial score (nSPS) is 15.2. The van der Waals surface area contributed by atoms with Gasteiger partial charge in [-0.25, -0.2) is 4.98 Å². The number of hydrogen-bond donors (Lipinski definition) is 0. The van der Waals surface area contributed by atoms with E-state index in [1.807, 2.05) is 42.5 Å². The lowest BCUT2D eigenvalue weighted by molar-refractivity contribution is 0.0834. The number of Topliss-reactive ketones (excluding diaryl/α,β-unsaturated/α-hetero) is 1. The summed E-state index contributed by atoms with van der Waals surface area (Å²) < 4.78 is 7.40. The number of imidazole rings is 1. The zero-order valence-electron chi connectivity index (χ0n) is 18.3. The maximum atomic E-state index is 13.0. The van der Waals surface area contributed by atoms with Crippen LogP contribution >= 0.6 is 0 Å². The predicted molar refractivity (Wildman–Crippen MR) is 126 cm³/mol. The Morgan fingerprint density at radius 1 is 0.969 bits per heavy atom. The molecule has 1 saturated heterocycles. The van der Waals surface area contributed by atoms with Crippen molar-refractivity contribution in [2.24, 2.45) is 5.92 Å². The molecule has 162 valence electrons. The molecule has 1 aliphatic heterocycles. The summed E-state index contributed by atoms with van der Waals surface area (Å²) in [7, 11) is 1.64. The number of ether oxygens (including phenoxy) is 1. The molecule has 0 radical (unpaired) electrons. The number of aromatic nitrogens is 2. The van der Waals surface area contributed by atoms with Crippen LogP contribution in [0.25, 0.3) is 16.9 Å². The fourth-order valence-electron chi connectivity index (χ4n) is 4.58. The fraction of sp³-hybridized carbons (Fsp3) is 0.259. The lowest BCUT2D eigenvalue weighted by Crippen LogP contribution is -2.36. The Bertz CT molecular complexity index is 1210. The average Bonchev–Trinajstić information content (AvgIpc) is 3.23. The molecule has 0 spiro atoms. The number of likely N-dealkylation sites (tertiary alicyclic amines) is 1. The quantitative estimate of drug-likeness (QED) is 0.403. The number of pyridine rings is 1. The molecule has 2 aromatic carbocycles.